The third kappa shape index (κ3) is 4.62. The molecule has 2 nitrogen and oxygen atoms in total. The molecule has 2 rings (SSSR count). The third-order valence-corrected chi connectivity index (χ3v) is 3.93. The highest BCUT2D eigenvalue weighted by Gasteiger charge is 2.13. The van der Waals surface area contributed by atoms with Crippen LogP contribution in [0.2, 0.25) is 0 Å². The summed E-state index contributed by atoms with van der Waals surface area (Å²) in [5, 5.41) is 0. The predicted octanol–water partition coefficient (Wildman–Crippen LogP) is 4.95. The van der Waals surface area contributed by atoms with Crippen molar-refractivity contribution in [2.75, 3.05) is 0 Å². The Hall–Kier alpha value is -2.22. The zero-order valence-electron chi connectivity index (χ0n) is 14.3. The van der Waals surface area contributed by atoms with E-state index in [1.807, 2.05) is 38.1 Å². The number of nitrogens with zero attached hydrogens (tertiary/aromatic N) is 1. The Morgan fingerprint density at radius 3 is 2.52 bits per heavy atom. The molecule has 23 heavy (non-hydrogen) atoms. The number of hydrogen-bond donors (Lipinski definition) is 0. The van der Waals surface area contributed by atoms with Gasteiger partial charge in [-0.25, -0.2) is 0 Å². The van der Waals surface area contributed by atoms with Crippen LogP contribution in [0.15, 0.2) is 48.5 Å². The van der Waals surface area contributed by atoms with E-state index in [1.165, 1.54) is 5.56 Å². The van der Waals surface area contributed by atoms with Gasteiger partial charge >= 0.3 is 0 Å². The van der Waals surface area contributed by atoms with Gasteiger partial charge in [0.05, 0.1) is 0 Å². The van der Waals surface area contributed by atoms with Gasteiger partial charge in [0, 0.05) is 23.4 Å². The summed E-state index contributed by atoms with van der Waals surface area (Å²) in [4.78, 5) is 16.9. The number of carbonyl (C=O) groups excluding carboxylic acids is 1. The van der Waals surface area contributed by atoms with Gasteiger partial charge in [-0.3, -0.25) is 9.78 Å². The van der Waals surface area contributed by atoms with Gasteiger partial charge in [-0.2, -0.15) is 0 Å². The minimum atomic E-state index is 0.216. The second-order valence-corrected chi connectivity index (χ2v) is 5.73. The van der Waals surface area contributed by atoms with Crippen molar-refractivity contribution >= 4 is 11.4 Å². The molecule has 1 aromatic carbocycles. The summed E-state index contributed by atoms with van der Waals surface area (Å²) in [6, 6.07) is 14.4. The van der Waals surface area contributed by atoms with Gasteiger partial charge < -0.3 is 0 Å². The maximum atomic E-state index is 12.3. The number of benzene rings is 1. The maximum absolute atomic E-state index is 12.3. The molecular weight excluding hydrogens is 282 g/mol. The molecule has 0 radical (unpaired) electrons. The number of rotatable bonds is 7. The Kier molecular flexibility index (Phi) is 6.28. The number of aromatic nitrogens is 1. The lowest BCUT2D eigenvalue weighted by Crippen LogP contribution is -2.05. The molecule has 1 heterocycles. The smallest absolute Gasteiger partial charge is 0.162 e. The highest BCUT2D eigenvalue weighted by molar-refractivity contribution is 6.20. The Morgan fingerprint density at radius 1 is 1.04 bits per heavy atom. The fourth-order valence-electron chi connectivity index (χ4n) is 2.77. The van der Waals surface area contributed by atoms with Gasteiger partial charge in [-0.15, -0.1) is 0 Å². The summed E-state index contributed by atoms with van der Waals surface area (Å²) < 4.78 is 0. The van der Waals surface area contributed by atoms with Crippen molar-refractivity contribution < 1.29 is 4.79 Å². The Labute approximate surface area is 139 Å². The van der Waals surface area contributed by atoms with Crippen LogP contribution in [0.1, 0.15) is 49.2 Å². The van der Waals surface area contributed by atoms with Crippen molar-refractivity contribution in [3.8, 4) is 0 Å². The average Bonchev–Trinajstić information content (AvgIpc) is 2.58. The second kappa shape index (κ2) is 8.42. The lowest BCUT2D eigenvalue weighted by molar-refractivity contribution is -0.113. The van der Waals surface area contributed by atoms with E-state index in [9.17, 15) is 4.79 Å². The number of carbonyl (C=O) groups is 1. The van der Waals surface area contributed by atoms with Crippen molar-refractivity contribution in [3.63, 3.8) is 0 Å². The molecule has 0 fully saturated rings. The normalized spacial score (nSPS) is 11.5. The molecule has 0 saturated heterocycles. The second-order valence-electron chi connectivity index (χ2n) is 5.73. The standard InChI is InChI=1S/C21H25NO/c1-4-9-20(21(23)5-2)19-13-7-6-11-17(19)14-15-18-12-8-10-16(3)22-18/h6-13H,4-5,14-15H2,1-3H3/b20-9+. The fourth-order valence-corrected chi connectivity index (χ4v) is 2.77. The highest BCUT2D eigenvalue weighted by atomic mass is 16.1. The predicted molar refractivity (Wildman–Crippen MR) is 96.4 cm³/mol. The first-order valence-electron chi connectivity index (χ1n) is 8.39. The zero-order valence-corrected chi connectivity index (χ0v) is 14.3. The molecule has 0 amide bonds. The van der Waals surface area contributed by atoms with E-state index in [4.69, 9.17) is 0 Å². The first kappa shape index (κ1) is 17.1. The van der Waals surface area contributed by atoms with Crippen LogP contribution in [-0.2, 0) is 17.6 Å². The van der Waals surface area contributed by atoms with Gasteiger partial charge in [-0.05, 0) is 49.4 Å². The summed E-state index contributed by atoms with van der Waals surface area (Å²) in [6.45, 7) is 6.01. The van der Waals surface area contributed by atoms with Crippen LogP contribution in [0.3, 0.4) is 0 Å². The van der Waals surface area contributed by atoms with Crippen molar-refractivity contribution in [1.82, 2.24) is 4.98 Å². The lowest BCUT2D eigenvalue weighted by Gasteiger charge is -2.12. The van der Waals surface area contributed by atoms with Crippen LogP contribution in [0, 0.1) is 6.92 Å². The van der Waals surface area contributed by atoms with Crippen molar-refractivity contribution in [2.45, 2.75) is 46.5 Å². The SMILES string of the molecule is CC/C=C(/C(=O)CC)c1ccccc1CCc1cccc(C)n1. The van der Waals surface area contributed by atoms with Gasteiger partial charge in [0.15, 0.2) is 5.78 Å². The molecule has 0 aliphatic rings. The van der Waals surface area contributed by atoms with E-state index in [2.05, 4.69) is 36.2 Å². The third-order valence-electron chi connectivity index (χ3n) is 3.93. The van der Waals surface area contributed by atoms with E-state index in [0.717, 1.165) is 41.8 Å². The molecule has 120 valence electrons. The first-order chi connectivity index (χ1) is 11.2. The van der Waals surface area contributed by atoms with Crippen LogP contribution in [-0.4, -0.2) is 10.8 Å². The zero-order chi connectivity index (χ0) is 16.7. The van der Waals surface area contributed by atoms with Gasteiger partial charge in [0.25, 0.3) is 0 Å². The van der Waals surface area contributed by atoms with Gasteiger partial charge in [0.1, 0.15) is 0 Å². The largest absolute Gasteiger partial charge is 0.294 e. The summed E-state index contributed by atoms with van der Waals surface area (Å²) in [5.41, 5.74) is 5.31. The lowest BCUT2D eigenvalue weighted by atomic mass is 9.92. The quantitative estimate of drug-likeness (QED) is 0.678. The summed E-state index contributed by atoms with van der Waals surface area (Å²) in [7, 11) is 0. The molecular formula is C21H25NO. The van der Waals surface area contributed by atoms with Gasteiger partial charge in [-0.1, -0.05) is 50.3 Å². The van der Waals surface area contributed by atoms with Crippen molar-refractivity contribution in [1.29, 1.82) is 0 Å². The molecule has 2 aromatic rings. The number of ketones is 1. The fraction of sp³-hybridized carbons (Fsp3) is 0.333. The molecule has 0 unspecified atom stereocenters. The molecule has 0 bridgehead atoms. The van der Waals surface area contributed by atoms with Crippen molar-refractivity contribution in [3.05, 3.63) is 71.1 Å². The number of allylic oxidation sites excluding steroid dienone is 2. The number of pyridine rings is 1. The minimum Gasteiger partial charge on any atom is -0.294 e. The van der Waals surface area contributed by atoms with E-state index in [1.54, 1.807) is 0 Å². The average molecular weight is 307 g/mol. The topological polar surface area (TPSA) is 30.0 Å². The number of hydrogen-bond acceptors (Lipinski definition) is 2. The Balaban J connectivity index is 2.26. The van der Waals surface area contributed by atoms with Crippen LogP contribution in [0.4, 0.5) is 0 Å². The Morgan fingerprint density at radius 2 is 1.83 bits per heavy atom. The maximum Gasteiger partial charge on any atom is 0.162 e. The molecule has 0 atom stereocenters. The van der Waals surface area contributed by atoms with Gasteiger partial charge in [0.2, 0.25) is 0 Å². The molecule has 2 heteroatoms. The molecule has 0 saturated carbocycles. The van der Waals surface area contributed by atoms with Crippen LogP contribution in [0.25, 0.3) is 5.57 Å². The van der Waals surface area contributed by atoms with Crippen LogP contribution in [0.5, 0.6) is 0 Å². The molecule has 1 aromatic heterocycles. The highest BCUT2D eigenvalue weighted by Crippen LogP contribution is 2.23. The monoisotopic (exact) mass is 307 g/mol. The van der Waals surface area contributed by atoms with E-state index in [0.29, 0.717) is 6.42 Å². The van der Waals surface area contributed by atoms with E-state index < -0.39 is 0 Å². The summed E-state index contributed by atoms with van der Waals surface area (Å²) >= 11 is 0. The number of Topliss-reactive ketones (excluding diaryl/α,β-unsaturated/α-hetero) is 1. The van der Waals surface area contributed by atoms with E-state index >= 15 is 0 Å². The molecule has 0 spiro atoms. The number of aryl methyl sites for hydroxylation is 3. The summed E-state index contributed by atoms with van der Waals surface area (Å²) in [5.74, 6) is 0.216. The molecule has 0 aliphatic heterocycles. The first-order valence-corrected chi connectivity index (χ1v) is 8.39. The van der Waals surface area contributed by atoms with E-state index in [-0.39, 0.29) is 5.78 Å². The minimum absolute atomic E-state index is 0.216. The van der Waals surface area contributed by atoms with Crippen LogP contribution < -0.4 is 0 Å². The molecule has 0 aliphatic carbocycles. The van der Waals surface area contributed by atoms with Crippen molar-refractivity contribution in [2.24, 2.45) is 0 Å². The Bertz CT molecular complexity index is 700. The molecule has 0 N–H and O–H groups in total. The van der Waals surface area contributed by atoms with Crippen LogP contribution >= 0.6 is 0 Å². The summed E-state index contributed by atoms with van der Waals surface area (Å²) in [6.07, 6.45) is 5.24.